The average molecular weight is 339 g/mol. The molecular weight excluding hydrogens is 314 g/mol. The van der Waals surface area contributed by atoms with Crippen molar-refractivity contribution in [1.29, 1.82) is 0 Å². The van der Waals surface area contributed by atoms with Gasteiger partial charge in [0.2, 0.25) is 0 Å². The molecule has 1 aromatic carbocycles. The van der Waals surface area contributed by atoms with Crippen molar-refractivity contribution in [3.63, 3.8) is 0 Å². The number of carbonyl (C=O) groups excluding carboxylic acids is 1. The number of esters is 1. The predicted molar refractivity (Wildman–Crippen MR) is 97.2 cm³/mol. The summed E-state index contributed by atoms with van der Waals surface area (Å²) in [7, 11) is 2.14. The Balaban J connectivity index is 1.65. The molecule has 0 bridgehead atoms. The predicted octanol–water partition coefficient (Wildman–Crippen LogP) is 2.16. The Labute approximate surface area is 149 Å². The molecule has 1 unspecified atom stereocenters. The molecule has 5 nitrogen and oxygen atoms in total. The van der Waals surface area contributed by atoms with Gasteiger partial charge < -0.3 is 9.64 Å². The van der Waals surface area contributed by atoms with E-state index in [9.17, 15) is 4.79 Å². The van der Waals surface area contributed by atoms with Crippen molar-refractivity contribution < 1.29 is 9.53 Å². The molecule has 0 amide bonds. The number of benzene rings is 1. The molecular formula is C20H25N3O2. The maximum atomic E-state index is 12.4. The summed E-state index contributed by atoms with van der Waals surface area (Å²) >= 11 is 0. The van der Waals surface area contributed by atoms with Crippen LogP contribution in [0.15, 0.2) is 54.7 Å². The van der Waals surface area contributed by atoms with Crippen LogP contribution in [0.1, 0.15) is 17.4 Å². The number of nitrogens with zero attached hydrogens (tertiary/aromatic N) is 3. The van der Waals surface area contributed by atoms with Crippen LogP contribution in [0.2, 0.25) is 0 Å². The normalized spacial score (nSPS) is 17.2. The van der Waals surface area contributed by atoms with E-state index in [2.05, 4.69) is 21.8 Å². The van der Waals surface area contributed by atoms with E-state index in [1.165, 1.54) is 0 Å². The number of ether oxygens (including phenoxy) is 1. The third kappa shape index (κ3) is 5.37. The van der Waals surface area contributed by atoms with Crippen LogP contribution < -0.4 is 0 Å². The zero-order valence-corrected chi connectivity index (χ0v) is 14.7. The van der Waals surface area contributed by atoms with Crippen molar-refractivity contribution in [1.82, 2.24) is 14.8 Å². The molecule has 1 fully saturated rings. The quantitative estimate of drug-likeness (QED) is 0.755. The van der Waals surface area contributed by atoms with E-state index in [-0.39, 0.29) is 18.5 Å². The van der Waals surface area contributed by atoms with E-state index < -0.39 is 0 Å². The van der Waals surface area contributed by atoms with Crippen LogP contribution in [0, 0.1) is 0 Å². The highest BCUT2D eigenvalue weighted by Crippen LogP contribution is 2.20. The first-order valence-electron chi connectivity index (χ1n) is 8.76. The smallest absolute Gasteiger partial charge is 0.312 e. The monoisotopic (exact) mass is 339 g/mol. The third-order valence-electron chi connectivity index (χ3n) is 4.52. The van der Waals surface area contributed by atoms with Crippen molar-refractivity contribution in [2.45, 2.75) is 12.5 Å². The minimum Gasteiger partial charge on any atom is -0.456 e. The van der Waals surface area contributed by atoms with Gasteiger partial charge >= 0.3 is 5.97 Å². The van der Waals surface area contributed by atoms with E-state index in [4.69, 9.17) is 4.74 Å². The first kappa shape index (κ1) is 17.6. The summed E-state index contributed by atoms with van der Waals surface area (Å²) in [6, 6.07) is 15.6. The van der Waals surface area contributed by atoms with Crippen LogP contribution >= 0.6 is 0 Å². The number of aromatic nitrogens is 1. The summed E-state index contributed by atoms with van der Waals surface area (Å²) < 4.78 is 5.84. The highest BCUT2D eigenvalue weighted by Gasteiger charge is 2.22. The summed E-state index contributed by atoms with van der Waals surface area (Å²) in [5, 5.41) is 0. The number of piperazine rings is 1. The topological polar surface area (TPSA) is 45.7 Å². The standard InChI is InChI=1S/C20H25N3O2/c1-22-11-13-23(14-12-22)16-19(17-7-3-2-4-8-17)25-20(24)15-18-9-5-6-10-21-18/h2-10,19H,11-16H2,1H3. The van der Waals surface area contributed by atoms with Gasteiger partial charge in [0.1, 0.15) is 6.10 Å². The van der Waals surface area contributed by atoms with Crippen molar-refractivity contribution in [2.75, 3.05) is 39.8 Å². The van der Waals surface area contributed by atoms with Gasteiger partial charge in [-0.25, -0.2) is 0 Å². The lowest BCUT2D eigenvalue weighted by atomic mass is 10.1. The Morgan fingerprint density at radius 3 is 2.48 bits per heavy atom. The molecule has 2 heterocycles. The Hall–Kier alpha value is -2.24. The Kier molecular flexibility index (Phi) is 6.14. The van der Waals surface area contributed by atoms with Gasteiger partial charge in [-0.15, -0.1) is 0 Å². The zero-order valence-electron chi connectivity index (χ0n) is 14.7. The number of hydrogen-bond acceptors (Lipinski definition) is 5. The van der Waals surface area contributed by atoms with Crippen molar-refractivity contribution in [2.24, 2.45) is 0 Å². The van der Waals surface area contributed by atoms with E-state index in [1.807, 2.05) is 48.5 Å². The first-order chi connectivity index (χ1) is 12.2. The van der Waals surface area contributed by atoms with Gasteiger partial charge in [-0.2, -0.15) is 0 Å². The molecule has 25 heavy (non-hydrogen) atoms. The molecule has 1 saturated heterocycles. The second-order valence-electron chi connectivity index (χ2n) is 6.49. The maximum absolute atomic E-state index is 12.4. The summed E-state index contributed by atoms with van der Waals surface area (Å²) in [4.78, 5) is 21.3. The van der Waals surface area contributed by atoms with E-state index >= 15 is 0 Å². The van der Waals surface area contributed by atoms with Gasteiger partial charge in [-0.05, 0) is 24.7 Å². The van der Waals surface area contributed by atoms with E-state index in [0.29, 0.717) is 0 Å². The summed E-state index contributed by atoms with van der Waals surface area (Å²) in [6.45, 7) is 4.81. The number of pyridine rings is 1. The fraction of sp³-hybridized carbons (Fsp3) is 0.400. The maximum Gasteiger partial charge on any atom is 0.312 e. The van der Waals surface area contributed by atoms with Gasteiger partial charge in [-0.3, -0.25) is 14.7 Å². The molecule has 3 rings (SSSR count). The number of likely N-dealkylation sites (N-methyl/N-ethyl adjacent to an activating group) is 1. The molecule has 1 aliphatic rings. The van der Waals surface area contributed by atoms with Gasteiger partial charge in [0, 0.05) is 38.9 Å². The first-order valence-corrected chi connectivity index (χ1v) is 8.76. The number of rotatable bonds is 6. The second kappa shape index (κ2) is 8.74. The van der Waals surface area contributed by atoms with Crippen molar-refractivity contribution in [3.8, 4) is 0 Å². The summed E-state index contributed by atoms with van der Waals surface area (Å²) in [6.07, 6.45) is 1.65. The van der Waals surface area contributed by atoms with E-state index in [0.717, 1.165) is 44.0 Å². The van der Waals surface area contributed by atoms with Gasteiger partial charge in [0.15, 0.2) is 0 Å². The molecule has 0 saturated carbocycles. The largest absolute Gasteiger partial charge is 0.456 e. The molecule has 0 N–H and O–H groups in total. The summed E-state index contributed by atoms with van der Waals surface area (Å²) in [5.41, 5.74) is 1.77. The molecule has 132 valence electrons. The van der Waals surface area contributed by atoms with Gasteiger partial charge in [-0.1, -0.05) is 36.4 Å². The second-order valence-corrected chi connectivity index (χ2v) is 6.49. The van der Waals surface area contributed by atoms with Crippen LogP contribution in [0.5, 0.6) is 0 Å². The lowest BCUT2D eigenvalue weighted by Crippen LogP contribution is -2.46. The van der Waals surface area contributed by atoms with E-state index in [1.54, 1.807) is 6.20 Å². The average Bonchev–Trinajstić information content (AvgIpc) is 2.64. The molecule has 2 aromatic rings. The highest BCUT2D eigenvalue weighted by molar-refractivity contribution is 5.72. The molecule has 0 radical (unpaired) electrons. The minimum absolute atomic E-state index is 0.201. The van der Waals surface area contributed by atoms with Gasteiger partial charge in [0.05, 0.1) is 12.1 Å². The lowest BCUT2D eigenvalue weighted by molar-refractivity contribution is -0.150. The lowest BCUT2D eigenvalue weighted by Gasteiger charge is -2.34. The fourth-order valence-corrected chi connectivity index (χ4v) is 2.99. The van der Waals surface area contributed by atoms with Crippen LogP contribution in [0.4, 0.5) is 0 Å². The Morgan fingerprint density at radius 1 is 1.08 bits per heavy atom. The zero-order chi connectivity index (χ0) is 17.5. The van der Waals surface area contributed by atoms with Crippen LogP contribution in [0.25, 0.3) is 0 Å². The Morgan fingerprint density at radius 2 is 1.80 bits per heavy atom. The van der Waals surface area contributed by atoms with Gasteiger partial charge in [0.25, 0.3) is 0 Å². The number of hydrogen-bond donors (Lipinski definition) is 0. The highest BCUT2D eigenvalue weighted by atomic mass is 16.5. The minimum atomic E-state index is -0.249. The van der Waals surface area contributed by atoms with Crippen LogP contribution in [-0.4, -0.2) is 60.5 Å². The van der Waals surface area contributed by atoms with Crippen LogP contribution in [0.3, 0.4) is 0 Å². The molecule has 0 aliphatic carbocycles. The van der Waals surface area contributed by atoms with Crippen molar-refractivity contribution in [3.05, 3.63) is 66.0 Å². The Bertz CT molecular complexity index is 655. The third-order valence-corrected chi connectivity index (χ3v) is 4.52. The summed E-state index contributed by atoms with van der Waals surface area (Å²) in [5.74, 6) is -0.235. The molecule has 0 spiro atoms. The van der Waals surface area contributed by atoms with Crippen LogP contribution in [-0.2, 0) is 16.0 Å². The SMILES string of the molecule is CN1CCN(CC(OC(=O)Cc2ccccn2)c2ccccc2)CC1. The fourth-order valence-electron chi connectivity index (χ4n) is 2.99. The molecule has 1 aromatic heterocycles. The molecule has 1 aliphatic heterocycles. The number of carbonyl (C=O) groups is 1. The molecule has 5 heteroatoms. The molecule has 1 atom stereocenters. The van der Waals surface area contributed by atoms with Crippen molar-refractivity contribution >= 4 is 5.97 Å².